The molecular weight excluding hydrogens is 244 g/mol. The van der Waals surface area contributed by atoms with Crippen molar-refractivity contribution in [3.8, 4) is 0 Å². The third-order valence-corrected chi connectivity index (χ3v) is 2.50. The summed E-state index contributed by atoms with van der Waals surface area (Å²) >= 11 is 0. The lowest BCUT2D eigenvalue weighted by Gasteiger charge is -2.08. The van der Waals surface area contributed by atoms with Crippen LogP contribution in [0, 0.1) is 5.92 Å². The lowest BCUT2D eigenvalue weighted by molar-refractivity contribution is 0.0932. The van der Waals surface area contributed by atoms with Gasteiger partial charge < -0.3 is 15.4 Å². The minimum Gasteiger partial charge on any atom is -0.383 e. The lowest BCUT2D eigenvalue weighted by atomic mass is 10.1. The van der Waals surface area contributed by atoms with Crippen LogP contribution in [-0.2, 0) is 4.74 Å². The number of carbonyl (C=O) groups excluding carboxylic acids is 1. The summed E-state index contributed by atoms with van der Waals surface area (Å²) in [6.07, 6.45) is 4.12. The van der Waals surface area contributed by atoms with E-state index < -0.39 is 0 Å². The Kier molecular flexibility index (Phi) is 6.81. The zero-order valence-corrected chi connectivity index (χ0v) is 11.8. The highest BCUT2D eigenvalue weighted by atomic mass is 16.5. The van der Waals surface area contributed by atoms with E-state index >= 15 is 0 Å². The van der Waals surface area contributed by atoms with Crippen molar-refractivity contribution in [1.29, 1.82) is 0 Å². The van der Waals surface area contributed by atoms with Crippen LogP contribution in [0.5, 0.6) is 0 Å². The molecule has 1 aromatic heterocycles. The van der Waals surface area contributed by atoms with Gasteiger partial charge in [-0.2, -0.15) is 0 Å². The first kappa shape index (κ1) is 15.4. The van der Waals surface area contributed by atoms with Gasteiger partial charge in [0.1, 0.15) is 11.5 Å². The summed E-state index contributed by atoms with van der Waals surface area (Å²) in [5, 5.41) is 5.86. The maximum atomic E-state index is 11.6. The number of carbonyl (C=O) groups is 1. The molecule has 1 rings (SSSR count). The van der Waals surface area contributed by atoms with E-state index in [1.54, 1.807) is 13.3 Å². The number of amides is 1. The first-order chi connectivity index (χ1) is 9.13. The van der Waals surface area contributed by atoms with E-state index in [1.807, 2.05) is 0 Å². The topological polar surface area (TPSA) is 76.1 Å². The first-order valence-corrected chi connectivity index (χ1v) is 6.46. The number of anilines is 1. The third-order valence-electron chi connectivity index (χ3n) is 2.50. The van der Waals surface area contributed by atoms with Crippen LogP contribution >= 0.6 is 0 Å². The van der Waals surface area contributed by atoms with Crippen molar-refractivity contribution in [3.63, 3.8) is 0 Å². The van der Waals surface area contributed by atoms with Crippen LogP contribution < -0.4 is 10.6 Å². The highest BCUT2D eigenvalue weighted by molar-refractivity contribution is 5.91. The number of methoxy groups -OCH3 is 1. The molecule has 1 aromatic rings. The molecule has 0 saturated carbocycles. The van der Waals surface area contributed by atoms with Gasteiger partial charge in [0.2, 0.25) is 0 Å². The number of aromatic nitrogens is 2. The second-order valence-electron chi connectivity index (χ2n) is 4.64. The van der Waals surface area contributed by atoms with Crippen molar-refractivity contribution in [2.45, 2.75) is 20.3 Å². The Balaban J connectivity index is 2.40. The average Bonchev–Trinajstić information content (AvgIpc) is 2.39. The predicted molar refractivity (Wildman–Crippen MR) is 74.2 cm³/mol. The largest absolute Gasteiger partial charge is 0.383 e. The monoisotopic (exact) mass is 266 g/mol. The molecule has 0 aliphatic rings. The molecule has 0 unspecified atom stereocenters. The Morgan fingerprint density at radius 1 is 1.32 bits per heavy atom. The Labute approximate surface area is 114 Å². The van der Waals surface area contributed by atoms with Gasteiger partial charge in [0.25, 0.3) is 5.91 Å². The molecule has 6 nitrogen and oxygen atoms in total. The summed E-state index contributed by atoms with van der Waals surface area (Å²) in [5.41, 5.74) is 0.311. The molecule has 0 spiro atoms. The molecule has 1 heterocycles. The summed E-state index contributed by atoms with van der Waals surface area (Å²) in [6.45, 7) is 6.13. The number of hydrogen-bond acceptors (Lipinski definition) is 5. The Morgan fingerprint density at radius 3 is 2.68 bits per heavy atom. The predicted octanol–water partition coefficient (Wildman–Crippen LogP) is 1.31. The van der Waals surface area contributed by atoms with Crippen molar-refractivity contribution in [2.24, 2.45) is 5.92 Å². The summed E-state index contributed by atoms with van der Waals surface area (Å²) in [5.74, 6) is 1.10. The summed E-state index contributed by atoms with van der Waals surface area (Å²) in [4.78, 5) is 19.9. The normalized spacial score (nSPS) is 10.5. The molecule has 0 radical (unpaired) electrons. The molecule has 1 amide bonds. The van der Waals surface area contributed by atoms with E-state index in [1.165, 1.54) is 6.20 Å². The molecule has 0 aromatic carbocycles. The van der Waals surface area contributed by atoms with Gasteiger partial charge in [-0.15, -0.1) is 0 Å². The van der Waals surface area contributed by atoms with Crippen LogP contribution in [0.3, 0.4) is 0 Å². The van der Waals surface area contributed by atoms with Crippen molar-refractivity contribution >= 4 is 11.7 Å². The zero-order chi connectivity index (χ0) is 14.1. The third kappa shape index (κ3) is 6.15. The summed E-state index contributed by atoms with van der Waals surface area (Å²) in [6, 6.07) is 0. The van der Waals surface area contributed by atoms with Crippen molar-refractivity contribution in [2.75, 3.05) is 32.1 Å². The Bertz CT molecular complexity index is 379. The maximum Gasteiger partial charge on any atom is 0.271 e. The van der Waals surface area contributed by atoms with Crippen molar-refractivity contribution < 1.29 is 9.53 Å². The molecule has 19 heavy (non-hydrogen) atoms. The van der Waals surface area contributed by atoms with Gasteiger partial charge in [0.05, 0.1) is 19.0 Å². The number of hydrogen-bond donors (Lipinski definition) is 2. The highest BCUT2D eigenvalue weighted by Gasteiger charge is 2.06. The van der Waals surface area contributed by atoms with Crippen molar-refractivity contribution in [1.82, 2.24) is 15.3 Å². The fourth-order valence-corrected chi connectivity index (χ4v) is 1.38. The van der Waals surface area contributed by atoms with Crippen LogP contribution in [0.1, 0.15) is 30.8 Å². The molecule has 6 heteroatoms. The number of nitrogens with one attached hydrogen (secondary N) is 2. The Morgan fingerprint density at radius 2 is 2.11 bits per heavy atom. The van der Waals surface area contributed by atoms with Gasteiger partial charge in [0.15, 0.2) is 0 Å². The molecule has 0 aliphatic carbocycles. The van der Waals surface area contributed by atoms with Crippen LogP contribution in [-0.4, -0.2) is 42.7 Å². The second-order valence-corrected chi connectivity index (χ2v) is 4.64. The van der Waals surface area contributed by atoms with Gasteiger partial charge >= 0.3 is 0 Å². The number of nitrogens with zero attached hydrogens (tertiary/aromatic N) is 2. The van der Waals surface area contributed by atoms with E-state index in [-0.39, 0.29) is 5.91 Å². The standard InChI is InChI=1S/C13H22N4O2/c1-10(2)4-5-14-12-9-16-11(8-17-12)13(18)15-6-7-19-3/h8-10H,4-7H2,1-3H3,(H,14,17)(H,15,18). The van der Waals surface area contributed by atoms with E-state index in [9.17, 15) is 4.79 Å². The molecule has 0 atom stereocenters. The van der Waals surface area contributed by atoms with E-state index in [0.717, 1.165) is 13.0 Å². The van der Waals surface area contributed by atoms with Gasteiger partial charge in [-0.3, -0.25) is 4.79 Å². The van der Waals surface area contributed by atoms with Crippen LogP contribution in [0.2, 0.25) is 0 Å². The molecule has 0 fully saturated rings. The number of rotatable bonds is 8. The molecule has 106 valence electrons. The van der Waals surface area contributed by atoms with Crippen molar-refractivity contribution in [3.05, 3.63) is 18.1 Å². The average molecular weight is 266 g/mol. The first-order valence-electron chi connectivity index (χ1n) is 6.46. The molecule has 0 saturated heterocycles. The summed E-state index contributed by atoms with van der Waals surface area (Å²) < 4.78 is 4.85. The smallest absolute Gasteiger partial charge is 0.271 e. The molecule has 0 aliphatic heterocycles. The molecule has 0 bridgehead atoms. The lowest BCUT2D eigenvalue weighted by Crippen LogP contribution is -2.27. The number of ether oxygens (including phenoxy) is 1. The van der Waals surface area contributed by atoms with Crippen LogP contribution in [0.25, 0.3) is 0 Å². The van der Waals surface area contributed by atoms with E-state index in [0.29, 0.717) is 30.6 Å². The van der Waals surface area contributed by atoms with Crippen LogP contribution in [0.4, 0.5) is 5.82 Å². The quantitative estimate of drug-likeness (QED) is 0.694. The highest BCUT2D eigenvalue weighted by Crippen LogP contribution is 2.04. The minimum atomic E-state index is -0.238. The Hall–Kier alpha value is -1.69. The van der Waals surface area contributed by atoms with Gasteiger partial charge in [-0.1, -0.05) is 13.8 Å². The molecular formula is C13H22N4O2. The minimum absolute atomic E-state index is 0.238. The van der Waals surface area contributed by atoms with Gasteiger partial charge in [0, 0.05) is 20.2 Å². The fraction of sp³-hybridized carbons (Fsp3) is 0.615. The van der Waals surface area contributed by atoms with Crippen LogP contribution in [0.15, 0.2) is 12.4 Å². The SMILES string of the molecule is COCCNC(=O)c1cnc(NCCC(C)C)cn1. The maximum absolute atomic E-state index is 11.6. The fourth-order valence-electron chi connectivity index (χ4n) is 1.38. The summed E-state index contributed by atoms with van der Waals surface area (Å²) in [7, 11) is 1.59. The zero-order valence-electron chi connectivity index (χ0n) is 11.8. The van der Waals surface area contributed by atoms with E-state index in [2.05, 4.69) is 34.4 Å². The van der Waals surface area contributed by atoms with Gasteiger partial charge in [-0.25, -0.2) is 9.97 Å². The van der Waals surface area contributed by atoms with Gasteiger partial charge in [-0.05, 0) is 12.3 Å². The molecule has 2 N–H and O–H groups in total. The second kappa shape index (κ2) is 8.42. The van der Waals surface area contributed by atoms with E-state index in [4.69, 9.17) is 4.74 Å².